The zero-order valence-electron chi connectivity index (χ0n) is 10.8. The second kappa shape index (κ2) is 8.99. The van der Waals surface area contributed by atoms with E-state index in [0.29, 0.717) is 19.5 Å². The summed E-state index contributed by atoms with van der Waals surface area (Å²) in [6.07, 6.45) is 2.55. The van der Waals surface area contributed by atoms with Crippen molar-refractivity contribution in [3.05, 3.63) is 0 Å². The van der Waals surface area contributed by atoms with Crippen LogP contribution in [-0.4, -0.2) is 49.1 Å². The van der Waals surface area contributed by atoms with Crippen molar-refractivity contribution in [1.29, 1.82) is 0 Å². The van der Waals surface area contributed by atoms with Gasteiger partial charge < -0.3 is 21.3 Å². The molecule has 0 radical (unpaired) electrons. The number of halogens is 1. The number of nitrogens with one attached hydrogen (secondary N) is 2. The summed E-state index contributed by atoms with van der Waals surface area (Å²) >= 11 is 0. The second-order valence-corrected chi connectivity index (χ2v) is 4.28. The molecule has 1 fully saturated rings. The average molecular weight is 279 g/mol. The van der Waals surface area contributed by atoms with Crippen LogP contribution < -0.4 is 16.4 Å². The van der Waals surface area contributed by atoms with Gasteiger partial charge in [-0.1, -0.05) is 19.8 Å². The quantitative estimate of drug-likeness (QED) is 0.665. The van der Waals surface area contributed by atoms with E-state index in [-0.39, 0.29) is 18.3 Å². The fourth-order valence-corrected chi connectivity index (χ4v) is 1.94. The molecule has 0 aliphatic carbocycles. The molecule has 0 spiro atoms. The lowest BCUT2D eigenvalue weighted by molar-refractivity contribution is -0.133. The number of piperazine rings is 1. The zero-order chi connectivity index (χ0) is 12.7. The summed E-state index contributed by atoms with van der Waals surface area (Å²) in [4.78, 5) is 24.8. The molecule has 18 heavy (non-hydrogen) atoms. The minimum Gasteiger partial charge on any atom is -0.352 e. The van der Waals surface area contributed by atoms with Crippen molar-refractivity contribution in [2.45, 2.75) is 32.2 Å². The van der Waals surface area contributed by atoms with E-state index >= 15 is 0 Å². The van der Waals surface area contributed by atoms with Gasteiger partial charge in [0.15, 0.2) is 0 Å². The molecule has 6 nitrogen and oxygen atoms in total. The van der Waals surface area contributed by atoms with Gasteiger partial charge in [0.05, 0.1) is 0 Å². The van der Waals surface area contributed by atoms with Crippen molar-refractivity contribution in [2.24, 2.45) is 5.73 Å². The maximum atomic E-state index is 12.2. The molecule has 4 N–H and O–H groups in total. The molecule has 7 heteroatoms. The second-order valence-electron chi connectivity index (χ2n) is 4.28. The van der Waals surface area contributed by atoms with Gasteiger partial charge in [-0.15, -0.1) is 12.4 Å². The van der Waals surface area contributed by atoms with E-state index in [1.807, 2.05) is 0 Å². The summed E-state index contributed by atoms with van der Waals surface area (Å²) in [5, 5.41) is 5.73. The number of primary amides is 1. The first-order valence-electron chi connectivity index (χ1n) is 6.20. The molecule has 1 unspecified atom stereocenters. The lowest BCUT2D eigenvalue weighted by Crippen LogP contribution is -2.54. The Hall–Kier alpha value is -1.01. The van der Waals surface area contributed by atoms with Gasteiger partial charge in [0, 0.05) is 26.2 Å². The first-order chi connectivity index (χ1) is 8.15. The maximum absolute atomic E-state index is 12.2. The van der Waals surface area contributed by atoms with Gasteiger partial charge in [0.1, 0.15) is 6.04 Å². The van der Waals surface area contributed by atoms with Crippen LogP contribution in [0.3, 0.4) is 0 Å². The van der Waals surface area contributed by atoms with Crippen molar-refractivity contribution >= 4 is 24.3 Å². The molecule has 3 amide bonds. The van der Waals surface area contributed by atoms with Crippen LogP contribution >= 0.6 is 12.4 Å². The highest BCUT2D eigenvalue weighted by molar-refractivity contribution is 5.86. The Morgan fingerprint density at radius 3 is 2.50 bits per heavy atom. The Morgan fingerprint density at radius 2 is 2.00 bits per heavy atom. The number of rotatable bonds is 5. The number of urea groups is 1. The Bertz CT molecular complexity index is 270. The summed E-state index contributed by atoms with van der Waals surface area (Å²) in [5.41, 5.74) is 5.10. The zero-order valence-corrected chi connectivity index (χ0v) is 11.6. The van der Waals surface area contributed by atoms with Crippen molar-refractivity contribution in [3.8, 4) is 0 Å². The fraction of sp³-hybridized carbons (Fsp3) is 0.818. The lowest BCUT2D eigenvalue weighted by atomic mass is 10.1. The maximum Gasteiger partial charge on any atom is 0.312 e. The number of unbranched alkanes of at least 4 members (excludes halogenated alkanes) is 1. The lowest BCUT2D eigenvalue weighted by Gasteiger charge is -2.31. The van der Waals surface area contributed by atoms with Gasteiger partial charge in [-0.2, -0.15) is 0 Å². The van der Waals surface area contributed by atoms with Gasteiger partial charge in [-0.3, -0.25) is 4.79 Å². The van der Waals surface area contributed by atoms with E-state index in [4.69, 9.17) is 5.73 Å². The molecular formula is C11H23ClN4O2. The molecule has 106 valence electrons. The minimum absolute atomic E-state index is 0. The Kier molecular flexibility index (Phi) is 8.49. The molecule has 0 bridgehead atoms. The average Bonchev–Trinajstić information content (AvgIpc) is 2.34. The molecule has 1 aliphatic heterocycles. The van der Waals surface area contributed by atoms with Crippen LogP contribution in [0.2, 0.25) is 0 Å². The van der Waals surface area contributed by atoms with Crippen molar-refractivity contribution in [2.75, 3.05) is 26.2 Å². The summed E-state index contributed by atoms with van der Waals surface area (Å²) in [7, 11) is 0. The third-order valence-corrected chi connectivity index (χ3v) is 2.89. The van der Waals surface area contributed by atoms with Gasteiger partial charge in [-0.05, 0) is 6.42 Å². The molecule has 0 saturated carbocycles. The van der Waals surface area contributed by atoms with Crippen LogP contribution in [0.25, 0.3) is 0 Å². The van der Waals surface area contributed by atoms with Gasteiger partial charge in [0.25, 0.3) is 0 Å². The van der Waals surface area contributed by atoms with E-state index in [1.165, 1.54) is 0 Å². The van der Waals surface area contributed by atoms with Crippen molar-refractivity contribution in [1.82, 2.24) is 15.5 Å². The van der Waals surface area contributed by atoms with Crippen molar-refractivity contribution in [3.63, 3.8) is 0 Å². The molecule has 0 aromatic rings. The summed E-state index contributed by atoms with van der Waals surface area (Å²) in [6, 6.07) is -1.10. The Labute approximate surface area is 114 Å². The van der Waals surface area contributed by atoms with Crippen LogP contribution in [0.15, 0.2) is 0 Å². The molecule has 1 aliphatic rings. The van der Waals surface area contributed by atoms with E-state index in [0.717, 1.165) is 25.9 Å². The topological polar surface area (TPSA) is 87.5 Å². The van der Waals surface area contributed by atoms with Crippen LogP contribution in [0, 0.1) is 0 Å². The monoisotopic (exact) mass is 278 g/mol. The number of amides is 3. The highest BCUT2D eigenvalue weighted by Crippen LogP contribution is 2.06. The molecule has 0 aromatic heterocycles. The van der Waals surface area contributed by atoms with E-state index < -0.39 is 12.1 Å². The molecule has 1 rings (SSSR count). The SMILES string of the molecule is CCCCC(NC(N)=O)C(=O)N1CCNCC1.Cl. The fourth-order valence-electron chi connectivity index (χ4n) is 1.94. The summed E-state index contributed by atoms with van der Waals surface area (Å²) in [5.74, 6) is -0.0150. The standard InChI is InChI=1S/C11H22N4O2.ClH/c1-2-3-4-9(14-11(12)17)10(16)15-7-5-13-6-8-15;/h9,13H,2-8H2,1H3,(H3,12,14,17);1H. The van der Waals surface area contributed by atoms with Crippen molar-refractivity contribution < 1.29 is 9.59 Å². The first-order valence-corrected chi connectivity index (χ1v) is 6.20. The predicted octanol–water partition coefficient (Wildman–Crippen LogP) is 0.0671. The molecular weight excluding hydrogens is 256 g/mol. The minimum atomic E-state index is -0.630. The largest absolute Gasteiger partial charge is 0.352 e. The third-order valence-electron chi connectivity index (χ3n) is 2.89. The van der Waals surface area contributed by atoms with Crippen LogP contribution in [0.1, 0.15) is 26.2 Å². The van der Waals surface area contributed by atoms with Gasteiger partial charge in [-0.25, -0.2) is 4.79 Å². The number of carbonyl (C=O) groups excluding carboxylic acids is 2. The smallest absolute Gasteiger partial charge is 0.312 e. The van der Waals surface area contributed by atoms with E-state index in [9.17, 15) is 9.59 Å². The van der Waals surface area contributed by atoms with Crippen LogP contribution in [-0.2, 0) is 4.79 Å². The molecule has 1 heterocycles. The van der Waals surface area contributed by atoms with Crippen LogP contribution in [0.5, 0.6) is 0 Å². The Balaban J connectivity index is 0.00000289. The van der Waals surface area contributed by atoms with Gasteiger partial charge in [0.2, 0.25) is 5.91 Å². The molecule has 1 atom stereocenters. The van der Waals surface area contributed by atoms with Gasteiger partial charge >= 0.3 is 6.03 Å². The van der Waals surface area contributed by atoms with E-state index in [2.05, 4.69) is 17.6 Å². The number of carbonyl (C=O) groups is 2. The highest BCUT2D eigenvalue weighted by atomic mass is 35.5. The Morgan fingerprint density at radius 1 is 1.39 bits per heavy atom. The highest BCUT2D eigenvalue weighted by Gasteiger charge is 2.25. The van der Waals surface area contributed by atoms with E-state index in [1.54, 1.807) is 4.90 Å². The molecule has 0 aromatic carbocycles. The van der Waals surface area contributed by atoms with Crippen LogP contribution in [0.4, 0.5) is 4.79 Å². The summed E-state index contributed by atoms with van der Waals surface area (Å²) < 4.78 is 0. The predicted molar refractivity (Wildman–Crippen MR) is 72.7 cm³/mol. The normalized spacial score (nSPS) is 16.6. The number of nitrogens with zero attached hydrogens (tertiary/aromatic N) is 1. The number of hydrogen-bond donors (Lipinski definition) is 3. The number of hydrogen-bond acceptors (Lipinski definition) is 3. The number of nitrogens with two attached hydrogens (primary N) is 1. The summed E-state index contributed by atoms with van der Waals surface area (Å²) in [6.45, 7) is 5.06. The third kappa shape index (κ3) is 5.55. The first kappa shape index (κ1) is 17.0. The molecule has 1 saturated heterocycles.